The van der Waals surface area contributed by atoms with Gasteiger partial charge in [-0.2, -0.15) is 0 Å². The molecule has 1 aromatic carbocycles. The summed E-state index contributed by atoms with van der Waals surface area (Å²) >= 11 is 0. The summed E-state index contributed by atoms with van der Waals surface area (Å²) in [5.74, 6) is -0.487. The van der Waals surface area contributed by atoms with Crippen molar-refractivity contribution in [1.29, 1.82) is 0 Å². The highest BCUT2D eigenvalue weighted by Crippen LogP contribution is 2.23. The van der Waals surface area contributed by atoms with Crippen LogP contribution in [0.5, 0.6) is 11.5 Å². The lowest BCUT2D eigenvalue weighted by atomic mass is 10.1. The molecule has 4 heteroatoms. The van der Waals surface area contributed by atoms with E-state index in [0.29, 0.717) is 6.54 Å². The summed E-state index contributed by atoms with van der Waals surface area (Å²) in [6, 6.07) is 3.96. The van der Waals surface area contributed by atoms with Crippen molar-refractivity contribution in [1.82, 2.24) is 4.90 Å². The molecule has 0 spiro atoms. The number of hydrogen-bond acceptors (Lipinski definition) is 3. The maximum Gasteiger partial charge on any atom is 0.257 e. The Morgan fingerprint density at radius 1 is 1.40 bits per heavy atom. The number of nitrogens with zero attached hydrogens (tertiary/aromatic N) is 1. The highest BCUT2D eigenvalue weighted by Gasteiger charge is 2.15. The van der Waals surface area contributed by atoms with Crippen LogP contribution < -0.4 is 0 Å². The molecule has 15 heavy (non-hydrogen) atoms. The van der Waals surface area contributed by atoms with Gasteiger partial charge in [0, 0.05) is 19.7 Å². The molecule has 0 unspecified atom stereocenters. The van der Waals surface area contributed by atoms with Crippen LogP contribution in [0.1, 0.15) is 23.7 Å². The number of amides is 1. The second-order valence-corrected chi connectivity index (χ2v) is 3.43. The van der Waals surface area contributed by atoms with Crippen LogP contribution >= 0.6 is 0 Å². The first-order valence-electron chi connectivity index (χ1n) is 4.83. The Hall–Kier alpha value is -1.71. The fourth-order valence-electron chi connectivity index (χ4n) is 1.34. The summed E-state index contributed by atoms with van der Waals surface area (Å²) in [6.45, 7) is 2.61. The molecule has 0 atom stereocenters. The van der Waals surface area contributed by atoms with Crippen molar-refractivity contribution in [3.8, 4) is 11.5 Å². The standard InChI is InChI=1S/C11H15NO3/c1-3-6-12(2)11(15)9-5-4-8(13)7-10(9)14/h4-5,7,13-14H,3,6H2,1-2H3. The molecular formula is C11H15NO3. The van der Waals surface area contributed by atoms with Crippen molar-refractivity contribution in [2.24, 2.45) is 0 Å². The minimum Gasteiger partial charge on any atom is -0.508 e. The van der Waals surface area contributed by atoms with E-state index < -0.39 is 0 Å². The third kappa shape index (κ3) is 2.62. The second kappa shape index (κ2) is 4.68. The first-order chi connectivity index (χ1) is 7.06. The van der Waals surface area contributed by atoms with Gasteiger partial charge in [-0.3, -0.25) is 4.79 Å². The number of rotatable bonds is 3. The molecule has 1 amide bonds. The van der Waals surface area contributed by atoms with Crippen molar-refractivity contribution in [2.75, 3.05) is 13.6 Å². The van der Waals surface area contributed by atoms with E-state index in [0.717, 1.165) is 12.5 Å². The van der Waals surface area contributed by atoms with Gasteiger partial charge in [0.2, 0.25) is 0 Å². The number of phenolic OH excluding ortho intramolecular Hbond substituents is 2. The fraction of sp³-hybridized carbons (Fsp3) is 0.364. The summed E-state index contributed by atoms with van der Waals surface area (Å²) in [7, 11) is 1.68. The molecule has 0 aromatic heterocycles. The molecule has 2 N–H and O–H groups in total. The first-order valence-corrected chi connectivity index (χ1v) is 4.83. The van der Waals surface area contributed by atoms with Gasteiger partial charge in [-0.1, -0.05) is 6.92 Å². The molecule has 0 heterocycles. The Balaban J connectivity index is 2.91. The molecule has 0 aliphatic carbocycles. The minimum absolute atomic E-state index is 0.0535. The molecule has 0 fully saturated rings. The Morgan fingerprint density at radius 2 is 2.07 bits per heavy atom. The van der Waals surface area contributed by atoms with Gasteiger partial charge in [0.15, 0.2) is 0 Å². The Kier molecular flexibility index (Phi) is 3.55. The Morgan fingerprint density at radius 3 is 2.60 bits per heavy atom. The smallest absolute Gasteiger partial charge is 0.257 e. The number of hydrogen-bond donors (Lipinski definition) is 2. The number of benzene rings is 1. The van der Waals surface area contributed by atoms with Gasteiger partial charge in [-0.05, 0) is 18.6 Å². The monoisotopic (exact) mass is 209 g/mol. The summed E-state index contributed by atoms with van der Waals surface area (Å²) in [5, 5.41) is 18.5. The Bertz CT molecular complexity index is 363. The third-order valence-corrected chi connectivity index (χ3v) is 2.12. The maximum atomic E-state index is 11.8. The predicted octanol–water partition coefficient (Wildman–Crippen LogP) is 1.58. The van der Waals surface area contributed by atoms with E-state index in [1.807, 2.05) is 6.92 Å². The quantitative estimate of drug-likeness (QED) is 0.794. The lowest BCUT2D eigenvalue weighted by Gasteiger charge is -2.16. The summed E-state index contributed by atoms with van der Waals surface area (Å²) in [5.41, 5.74) is 0.212. The van der Waals surface area contributed by atoms with E-state index in [2.05, 4.69) is 0 Å². The molecule has 0 aliphatic rings. The summed E-state index contributed by atoms with van der Waals surface area (Å²) in [4.78, 5) is 13.3. The average Bonchev–Trinajstić information content (AvgIpc) is 2.17. The van der Waals surface area contributed by atoms with Crippen molar-refractivity contribution < 1.29 is 15.0 Å². The van der Waals surface area contributed by atoms with Crippen molar-refractivity contribution in [3.05, 3.63) is 23.8 Å². The molecule has 0 aliphatic heterocycles. The van der Waals surface area contributed by atoms with Crippen LogP contribution in [0.15, 0.2) is 18.2 Å². The fourth-order valence-corrected chi connectivity index (χ4v) is 1.34. The molecule has 0 saturated carbocycles. The molecular weight excluding hydrogens is 194 g/mol. The molecule has 82 valence electrons. The van der Waals surface area contributed by atoms with Crippen molar-refractivity contribution >= 4 is 5.91 Å². The van der Waals surface area contributed by atoms with Gasteiger partial charge in [0.05, 0.1) is 5.56 Å². The molecule has 0 bridgehead atoms. The second-order valence-electron chi connectivity index (χ2n) is 3.43. The first kappa shape index (κ1) is 11.4. The number of carbonyl (C=O) groups is 1. The van der Waals surface area contributed by atoms with E-state index in [4.69, 9.17) is 5.11 Å². The zero-order valence-corrected chi connectivity index (χ0v) is 8.90. The van der Waals surface area contributed by atoms with Crippen LogP contribution in [-0.4, -0.2) is 34.6 Å². The molecule has 0 radical (unpaired) electrons. The predicted molar refractivity (Wildman–Crippen MR) is 57.0 cm³/mol. The maximum absolute atomic E-state index is 11.8. The van der Waals surface area contributed by atoms with Crippen LogP contribution in [0.4, 0.5) is 0 Å². The van der Waals surface area contributed by atoms with Gasteiger partial charge in [-0.15, -0.1) is 0 Å². The van der Waals surface area contributed by atoms with Crippen LogP contribution in [0.2, 0.25) is 0 Å². The van der Waals surface area contributed by atoms with Crippen molar-refractivity contribution in [3.63, 3.8) is 0 Å². The van der Waals surface area contributed by atoms with E-state index in [1.54, 1.807) is 7.05 Å². The summed E-state index contributed by atoms with van der Waals surface area (Å²) < 4.78 is 0. The lowest BCUT2D eigenvalue weighted by Crippen LogP contribution is -2.27. The number of phenols is 2. The molecule has 1 aromatic rings. The normalized spacial score (nSPS) is 10.0. The van der Waals surface area contributed by atoms with Gasteiger partial charge < -0.3 is 15.1 Å². The molecule has 1 rings (SSSR count). The zero-order chi connectivity index (χ0) is 11.4. The van der Waals surface area contributed by atoms with Gasteiger partial charge in [-0.25, -0.2) is 0 Å². The van der Waals surface area contributed by atoms with Gasteiger partial charge in [0.1, 0.15) is 11.5 Å². The van der Waals surface area contributed by atoms with Gasteiger partial charge in [0.25, 0.3) is 5.91 Å². The minimum atomic E-state index is -0.241. The molecule has 0 saturated heterocycles. The van der Waals surface area contributed by atoms with Crippen LogP contribution in [0, 0.1) is 0 Å². The highest BCUT2D eigenvalue weighted by molar-refractivity contribution is 5.96. The molecule has 4 nitrogen and oxygen atoms in total. The number of aromatic hydroxyl groups is 2. The van der Waals surface area contributed by atoms with Crippen LogP contribution in [0.3, 0.4) is 0 Å². The summed E-state index contributed by atoms with van der Waals surface area (Å²) in [6.07, 6.45) is 0.862. The number of carbonyl (C=O) groups excluding carboxylic acids is 1. The topological polar surface area (TPSA) is 60.8 Å². The van der Waals surface area contributed by atoms with E-state index in [1.165, 1.54) is 17.0 Å². The van der Waals surface area contributed by atoms with Gasteiger partial charge >= 0.3 is 0 Å². The largest absolute Gasteiger partial charge is 0.508 e. The van der Waals surface area contributed by atoms with E-state index in [-0.39, 0.29) is 23.0 Å². The van der Waals surface area contributed by atoms with Crippen molar-refractivity contribution in [2.45, 2.75) is 13.3 Å². The highest BCUT2D eigenvalue weighted by atomic mass is 16.3. The van der Waals surface area contributed by atoms with Crippen LogP contribution in [-0.2, 0) is 0 Å². The van der Waals surface area contributed by atoms with Crippen LogP contribution in [0.25, 0.3) is 0 Å². The SMILES string of the molecule is CCCN(C)C(=O)c1ccc(O)cc1O. The lowest BCUT2D eigenvalue weighted by molar-refractivity contribution is 0.0792. The Labute approximate surface area is 88.8 Å². The van der Waals surface area contributed by atoms with E-state index in [9.17, 15) is 9.90 Å². The average molecular weight is 209 g/mol. The van der Waals surface area contributed by atoms with E-state index >= 15 is 0 Å². The zero-order valence-electron chi connectivity index (χ0n) is 8.90. The third-order valence-electron chi connectivity index (χ3n) is 2.12.